The van der Waals surface area contributed by atoms with Crippen molar-refractivity contribution in [1.82, 2.24) is 20.1 Å². The molecule has 2 aliphatic heterocycles. The second-order valence-corrected chi connectivity index (χ2v) is 7.13. The van der Waals surface area contributed by atoms with Gasteiger partial charge in [-0.2, -0.15) is 0 Å². The second-order valence-electron chi connectivity index (χ2n) is 7.13. The molecule has 2 amide bonds. The predicted octanol–water partition coefficient (Wildman–Crippen LogP) is 1.18. The largest absolute Gasteiger partial charge is 0.450 e. The number of hydrogen-bond donors (Lipinski definition) is 1. The maximum Gasteiger partial charge on any atom is 0.409 e. The Kier molecular flexibility index (Phi) is 6.49. The number of piperazine rings is 1. The van der Waals surface area contributed by atoms with Gasteiger partial charge in [-0.1, -0.05) is 0 Å². The van der Waals surface area contributed by atoms with Gasteiger partial charge in [0.2, 0.25) is 0 Å². The smallest absolute Gasteiger partial charge is 0.409 e. The van der Waals surface area contributed by atoms with E-state index in [-0.39, 0.29) is 18.0 Å². The van der Waals surface area contributed by atoms with Crippen molar-refractivity contribution >= 4 is 17.7 Å². The Morgan fingerprint density at radius 3 is 2.44 bits per heavy atom. The monoisotopic (exact) mass is 375 g/mol. The first-order valence-corrected chi connectivity index (χ1v) is 9.69. The fraction of sp³-hybridized carbons (Fsp3) is 0.632. The lowest BCUT2D eigenvalue weighted by atomic mass is 10.1. The molecule has 0 saturated carbocycles. The van der Waals surface area contributed by atoms with Crippen LogP contribution in [0.1, 0.15) is 30.3 Å². The van der Waals surface area contributed by atoms with Gasteiger partial charge in [0.25, 0.3) is 5.91 Å². The van der Waals surface area contributed by atoms with Crippen LogP contribution in [-0.2, 0) is 4.74 Å². The Morgan fingerprint density at radius 1 is 1.15 bits per heavy atom. The van der Waals surface area contributed by atoms with Gasteiger partial charge in [0, 0.05) is 45.3 Å². The van der Waals surface area contributed by atoms with E-state index in [4.69, 9.17) is 4.74 Å². The van der Waals surface area contributed by atoms with E-state index in [0.29, 0.717) is 25.4 Å². The zero-order chi connectivity index (χ0) is 19.2. The van der Waals surface area contributed by atoms with E-state index in [1.54, 1.807) is 24.1 Å². The zero-order valence-electron chi connectivity index (χ0n) is 16.2. The van der Waals surface area contributed by atoms with Crippen LogP contribution in [0.3, 0.4) is 0 Å². The number of ether oxygens (including phenoxy) is 1. The minimum atomic E-state index is -0.275. The van der Waals surface area contributed by atoms with Crippen LogP contribution >= 0.6 is 0 Å². The average molecular weight is 375 g/mol. The number of likely N-dealkylation sites (N-methyl/N-ethyl adjacent to an activating group) is 1. The number of hydrogen-bond acceptors (Lipinski definition) is 6. The number of carbonyl (C=O) groups excluding carboxylic acids is 2. The maximum absolute atomic E-state index is 12.5. The molecule has 0 aliphatic carbocycles. The highest BCUT2D eigenvalue weighted by Crippen LogP contribution is 2.16. The summed E-state index contributed by atoms with van der Waals surface area (Å²) in [4.78, 5) is 34.8. The SMILES string of the molecule is CCOC(=O)N1CCC(NC(=O)c2ccc(N3CCN(C)CC3)cn2)CC1. The second kappa shape index (κ2) is 9.03. The van der Waals surface area contributed by atoms with E-state index < -0.39 is 0 Å². The van der Waals surface area contributed by atoms with Crippen LogP contribution in [0.2, 0.25) is 0 Å². The lowest BCUT2D eigenvalue weighted by Gasteiger charge is -2.33. The number of nitrogens with one attached hydrogen (secondary N) is 1. The lowest BCUT2D eigenvalue weighted by molar-refractivity contribution is 0.0856. The summed E-state index contributed by atoms with van der Waals surface area (Å²) >= 11 is 0. The van der Waals surface area contributed by atoms with Crippen molar-refractivity contribution in [1.29, 1.82) is 0 Å². The van der Waals surface area contributed by atoms with Crippen LogP contribution in [0.4, 0.5) is 10.5 Å². The van der Waals surface area contributed by atoms with Crippen molar-refractivity contribution in [3.8, 4) is 0 Å². The van der Waals surface area contributed by atoms with E-state index in [9.17, 15) is 9.59 Å². The molecule has 0 atom stereocenters. The number of rotatable bonds is 4. The summed E-state index contributed by atoms with van der Waals surface area (Å²) in [5, 5.41) is 3.03. The first-order chi connectivity index (χ1) is 13.1. The fourth-order valence-electron chi connectivity index (χ4n) is 3.45. The number of anilines is 1. The van der Waals surface area contributed by atoms with Crippen LogP contribution in [0.5, 0.6) is 0 Å². The van der Waals surface area contributed by atoms with Crippen LogP contribution in [-0.4, -0.2) is 85.7 Å². The number of piperidine rings is 1. The first-order valence-electron chi connectivity index (χ1n) is 9.69. The molecule has 0 radical (unpaired) electrons. The molecule has 1 aromatic heterocycles. The minimum absolute atomic E-state index is 0.0577. The number of aromatic nitrogens is 1. The molecule has 3 rings (SSSR count). The molecule has 1 N–H and O–H groups in total. The molecule has 0 unspecified atom stereocenters. The Morgan fingerprint density at radius 2 is 1.85 bits per heavy atom. The molecule has 27 heavy (non-hydrogen) atoms. The normalized spacial score (nSPS) is 19.0. The van der Waals surface area contributed by atoms with Crippen molar-refractivity contribution < 1.29 is 14.3 Å². The van der Waals surface area contributed by atoms with Crippen LogP contribution in [0.25, 0.3) is 0 Å². The van der Waals surface area contributed by atoms with E-state index >= 15 is 0 Å². The molecule has 0 bridgehead atoms. The van der Waals surface area contributed by atoms with Gasteiger partial charge in [-0.3, -0.25) is 4.79 Å². The number of pyridine rings is 1. The summed E-state index contributed by atoms with van der Waals surface area (Å²) in [6.45, 7) is 7.39. The van der Waals surface area contributed by atoms with E-state index in [1.807, 2.05) is 6.07 Å². The van der Waals surface area contributed by atoms with Gasteiger partial charge < -0.3 is 24.8 Å². The standard InChI is InChI=1S/C19H29N5O3/c1-3-27-19(26)24-8-6-15(7-9-24)21-18(25)17-5-4-16(14-20-17)23-12-10-22(2)11-13-23/h4-5,14-15H,3,6-13H2,1-2H3,(H,21,25). The Bertz CT molecular complexity index is 635. The molecule has 0 spiro atoms. The molecule has 0 aromatic carbocycles. The highest BCUT2D eigenvalue weighted by molar-refractivity contribution is 5.92. The predicted molar refractivity (Wildman–Crippen MR) is 103 cm³/mol. The topological polar surface area (TPSA) is 78.0 Å². The molecule has 2 saturated heterocycles. The summed E-state index contributed by atoms with van der Waals surface area (Å²) < 4.78 is 5.02. The number of carbonyl (C=O) groups is 2. The summed E-state index contributed by atoms with van der Waals surface area (Å²) in [6, 6.07) is 3.81. The lowest BCUT2D eigenvalue weighted by Crippen LogP contribution is -2.46. The van der Waals surface area contributed by atoms with Crippen molar-refractivity contribution in [3.05, 3.63) is 24.0 Å². The van der Waals surface area contributed by atoms with Crippen LogP contribution in [0.15, 0.2) is 18.3 Å². The van der Waals surface area contributed by atoms with Crippen LogP contribution in [0, 0.1) is 0 Å². The van der Waals surface area contributed by atoms with E-state index in [1.165, 1.54) is 0 Å². The van der Waals surface area contributed by atoms with E-state index in [2.05, 4.69) is 27.1 Å². The van der Waals surface area contributed by atoms with Crippen LogP contribution < -0.4 is 10.2 Å². The number of likely N-dealkylation sites (tertiary alicyclic amines) is 1. The third-order valence-electron chi connectivity index (χ3n) is 5.21. The minimum Gasteiger partial charge on any atom is -0.450 e. The molecule has 8 heteroatoms. The Balaban J connectivity index is 1.48. The van der Waals surface area contributed by atoms with Crippen molar-refractivity contribution in [2.75, 3.05) is 57.8 Å². The molecule has 148 valence electrons. The Hall–Kier alpha value is -2.35. The van der Waals surface area contributed by atoms with Gasteiger partial charge in [0.15, 0.2) is 0 Å². The Labute approximate surface area is 160 Å². The number of amides is 2. The summed E-state index contributed by atoms with van der Waals surface area (Å²) in [5.74, 6) is -0.158. The molecular formula is C19H29N5O3. The van der Waals surface area contributed by atoms with Crippen molar-refractivity contribution in [2.24, 2.45) is 0 Å². The fourth-order valence-corrected chi connectivity index (χ4v) is 3.45. The highest BCUT2D eigenvalue weighted by Gasteiger charge is 2.25. The van der Waals surface area contributed by atoms with Gasteiger partial charge >= 0.3 is 6.09 Å². The average Bonchev–Trinajstić information content (AvgIpc) is 2.69. The first kappa shape index (κ1) is 19.4. The molecule has 2 aliphatic rings. The van der Waals surface area contributed by atoms with Gasteiger partial charge in [-0.05, 0) is 38.9 Å². The van der Waals surface area contributed by atoms with E-state index in [0.717, 1.165) is 44.7 Å². The highest BCUT2D eigenvalue weighted by atomic mass is 16.6. The van der Waals surface area contributed by atoms with Crippen molar-refractivity contribution in [2.45, 2.75) is 25.8 Å². The third-order valence-corrected chi connectivity index (χ3v) is 5.21. The molecular weight excluding hydrogens is 346 g/mol. The zero-order valence-corrected chi connectivity index (χ0v) is 16.2. The molecule has 8 nitrogen and oxygen atoms in total. The molecule has 3 heterocycles. The summed E-state index contributed by atoms with van der Waals surface area (Å²) in [7, 11) is 2.13. The van der Waals surface area contributed by atoms with Gasteiger partial charge in [-0.25, -0.2) is 9.78 Å². The molecule has 2 fully saturated rings. The van der Waals surface area contributed by atoms with Gasteiger partial charge in [0.05, 0.1) is 18.5 Å². The van der Waals surface area contributed by atoms with Gasteiger partial charge in [0.1, 0.15) is 5.69 Å². The maximum atomic E-state index is 12.5. The van der Waals surface area contributed by atoms with Gasteiger partial charge in [-0.15, -0.1) is 0 Å². The molecule has 1 aromatic rings. The third kappa shape index (κ3) is 5.09. The summed E-state index contributed by atoms with van der Waals surface area (Å²) in [5.41, 5.74) is 1.49. The number of nitrogens with zero attached hydrogens (tertiary/aromatic N) is 4. The quantitative estimate of drug-likeness (QED) is 0.852. The summed E-state index contributed by atoms with van der Waals surface area (Å²) in [6.07, 6.45) is 2.96. The van der Waals surface area contributed by atoms with Crippen molar-refractivity contribution in [3.63, 3.8) is 0 Å².